The van der Waals surface area contributed by atoms with E-state index in [0.29, 0.717) is 23.7 Å². The number of hydrogen-bond acceptors (Lipinski definition) is 7. The number of amides is 2. The van der Waals surface area contributed by atoms with Gasteiger partial charge in [-0.15, -0.1) is 0 Å². The Bertz CT molecular complexity index is 1580. The summed E-state index contributed by atoms with van der Waals surface area (Å²) in [6.45, 7) is 0.728. The van der Waals surface area contributed by atoms with Gasteiger partial charge in [0.25, 0.3) is 0 Å². The smallest absolute Gasteiger partial charge is 0.319 e. The van der Waals surface area contributed by atoms with Gasteiger partial charge >= 0.3 is 6.03 Å². The number of urea groups is 1. The average Bonchev–Trinajstić information content (AvgIpc) is 2.87. The van der Waals surface area contributed by atoms with Crippen LogP contribution in [0.3, 0.4) is 0 Å². The van der Waals surface area contributed by atoms with Crippen LogP contribution in [0.4, 0.5) is 10.5 Å². The van der Waals surface area contributed by atoms with Crippen molar-refractivity contribution in [3.8, 4) is 0 Å². The van der Waals surface area contributed by atoms with Crippen LogP contribution in [0, 0.1) is 0 Å². The minimum Gasteiger partial charge on any atom is -0.334 e. The van der Waals surface area contributed by atoms with E-state index in [1.165, 1.54) is 18.4 Å². The average molecular weight is 541 g/mol. The van der Waals surface area contributed by atoms with Gasteiger partial charge in [-0.25, -0.2) is 21.6 Å². The summed E-state index contributed by atoms with van der Waals surface area (Å²) in [6, 6.07) is 20.1. The number of benzene rings is 3. The predicted molar refractivity (Wildman–Crippen MR) is 145 cm³/mol. The molecule has 4 rings (SSSR count). The number of hydrogen-bond donors (Lipinski definition) is 3. The van der Waals surface area contributed by atoms with E-state index in [4.69, 9.17) is 5.73 Å². The lowest BCUT2D eigenvalue weighted by Crippen LogP contribution is -2.28. The van der Waals surface area contributed by atoms with Gasteiger partial charge < -0.3 is 16.4 Å². The minimum atomic E-state index is -3.22. The van der Waals surface area contributed by atoms with Crippen molar-refractivity contribution in [1.82, 2.24) is 10.3 Å². The summed E-state index contributed by atoms with van der Waals surface area (Å²) in [5.41, 5.74) is 7.80. The van der Waals surface area contributed by atoms with E-state index in [9.17, 15) is 21.6 Å². The van der Waals surface area contributed by atoms with Crippen LogP contribution in [0.15, 0.2) is 95.0 Å². The Balaban J connectivity index is 0.000000266. The highest BCUT2D eigenvalue weighted by Crippen LogP contribution is 2.22. The maximum absolute atomic E-state index is 12.1. The fourth-order valence-electron chi connectivity index (χ4n) is 3.31. The third-order valence-electron chi connectivity index (χ3n) is 5.32. The number of sulfone groups is 2. The summed E-state index contributed by atoms with van der Waals surface area (Å²) in [7, 11) is -6.29. The first-order valence-electron chi connectivity index (χ1n) is 11.1. The topological polar surface area (TPSA) is 148 Å². The number of carbonyl (C=O) groups excluding carboxylic acids is 1. The molecular formula is C26H28N4O5S2. The van der Waals surface area contributed by atoms with Gasteiger partial charge in [-0.1, -0.05) is 36.4 Å². The lowest BCUT2D eigenvalue weighted by molar-refractivity contribution is 0.252. The van der Waals surface area contributed by atoms with E-state index in [-0.39, 0.29) is 10.9 Å². The number of nitrogens with two attached hydrogens (primary N) is 1. The number of nitrogens with one attached hydrogen (secondary N) is 2. The van der Waals surface area contributed by atoms with Crippen LogP contribution in [-0.2, 0) is 32.8 Å². The number of carbonyl (C=O) groups is 1. The van der Waals surface area contributed by atoms with Gasteiger partial charge in [-0.2, -0.15) is 0 Å². The molecule has 0 fully saturated rings. The second-order valence-corrected chi connectivity index (χ2v) is 12.3. The Hall–Kier alpha value is -3.80. The first-order valence-corrected chi connectivity index (χ1v) is 14.9. The fourth-order valence-corrected chi connectivity index (χ4v) is 4.57. The second-order valence-electron chi connectivity index (χ2n) is 8.25. The Kier molecular flexibility index (Phi) is 8.98. The third kappa shape index (κ3) is 8.10. The zero-order valence-electron chi connectivity index (χ0n) is 20.4. The maximum Gasteiger partial charge on any atom is 0.319 e. The first-order chi connectivity index (χ1) is 17.5. The largest absolute Gasteiger partial charge is 0.334 e. The van der Waals surface area contributed by atoms with E-state index < -0.39 is 19.7 Å². The molecule has 0 atom stereocenters. The Labute approximate surface area is 216 Å². The van der Waals surface area contributed by atoms with Gasteiger partial charge in [0, 0.05) is 48.8 Å². The van der Waals surface area contributed by atoms with Gasteiger partial charge in [0.05, 0.1) is 15.5 Å². The molecule has 1 aromatic heterocycles. The van der Waals surface area contributed by atoms with E-state index in [1.807, 2.05) is 24.3 Å². The van der Waals surface area contributed by atoms with Crippen molar-refractivity contribution in [1.29, 1.82) is 0 Å². The minimum absolute atomic E-state index is 0.255. The van der Waals surface area contributed by atoms with Crippen molar-refractivity contribution < 1.29 is 21.6 Å². The highest BCUT2D eigenvalue weighted by Gasteiger charge is 2.08. The molecule has 9 nitrogen and oxygen atoms in total. The Morgan fingerprint density at radius 1 is 0.811 bits per heavy atom. The van der Waals surface area contributed by atoms with E-state index in [1.54, 1.807) is 48.8 Å². The lowest BCUT2D eigenvalue weighted by atomic mass is 10.1. The van der Waals surface area contributed by atoms with Crippen LogP contribution in [-0.4, -0.2) is 40.4 Å². The van der Waals surface area contributed by atoms with Crippen LogP contribution >= 0.6 is 0 Å². The van der Waals surface area contributed by atoms with Crippen LogP contribution in [0.2, 0.25) is 0 Å². The van der Waals surface area contributed by atoms with Crippen LogP contribution in [0.25, 0.3) is 10.8 Å². The normalized spacial score (nSPS) is 11.3. The molecule has 0 bridgehead atoms. The number of nitrogens with zero attached hydrogens (tertiary/aromatic N) is 1. The summed E-state index contributed by atoms with van der Waals surface area (Å²) >= 11 is 0. The van der Waals surface area contributed by atoms with Gasteiger partial charge in [-0.05, 0) is 47.5 Å². The van der Waals surface area contributed by atoms with Crippen molar-refractivity contribution in [2.45, 2.75) is 22.9 Å². The molecule has 0 aliphatic carbocycles. The molecule has 11 heteroatoms. The maximum atomic E-state index is 12.1. The zero-order chi connectivity index (χ0) is 27.1. The molecule has 37 heavy (non-hydrogen) atoms. The molecule has 0 aliphatic heterocycles. The molecule has 4 aromatic rings. The summed E-state index contributed by atoms with van der Waals surface area (Å²) in [5, 5.41) is 7.42. The van der Waals surface area contributed by atoms with E-state index >= 15 is 0 Å². The molecule has 0 saturated carbocycles. The molecular weight excluding hydrogens is 512 g/mol. The van der Waals surface area contributed by atoms with E-state index in [2.05, 4.69) is 15.6 Å². The molecule has 0 radical (unpaired) electrons. The van der Waals surface area contributed by atoms with Gasteiger partial charge in [0.15, 0.2) is 19.7 Å². The molecule has 0 spiro atoms. The van der Waals surface area contributed by atoms with Crippen molar-refractivity contribution in [3.05, 3.63) is 96.3 Å². The van der Waals surface area contributed by atoms with Gasteiger partial charge in [0.2, 0.25) is 0 Å². The number of pyridine rings is 1. The van der Waals surface area contributed by atoms with Crippen molar-refractivity contribution >= 4 is 42.2 Å². The quantitative estimate of drug-likeness (QED) is 0.339. The lowest BCUT2D eigenvalue weighted by Gasteiger charge is -2.10. The molecule has 1 heterocycles. The highest BCUT2D eigenvalue weighted by atomic mass is 32.2. The summed E-state index contributed by atoms with van der Waals surface area (Å²) < 4.78 is 44.9. The Morgan fingerprint density at radius 3 is 1.92 bits per heavy atom. The molecule has 0 unspecified atom stereocenters. The SMILES string of the molecule is CS(=O)(=O)c1ccc(CN)cc1.CS(=O)(=O)c1ccc(CNC(=O)Nc2cccc3cnccc23)cc1. The predicted octanol–water partition coefficient (Wildman–Crippen LogP) is 3.51. The number of aromatic nitrogens is 1. The van der Waals surface area contributed by atoms with Crippen molar-refractivity contribution in [2.24, 2.45) is 5.73 Å². The molecule has 2 amide bonds. The zero-order valence-corrected chi connectivity index (χ0v) is 22.0. The summed E-state index contributed by atoms with van der Waals surface area (Å²) in [5.74, 6) is 0. The summed E-state index contributed by atoms with van der Waals surface area (Å²) in [4.78, 5) is 16.8. The molecule has 0 aliphatic rings. The second kappa shape index (κ2) is 12.0. The first kappa shape index (κ1) is 27.8. The monoisotopic (exact) mass is 540 g/mol. The fraction of sp³-hybridized carbons (Fsp3) is 0.154. The van der Waals surface area contributed by atoms with Crippen LogP contribution in [0.5, 0.6) is 0 Å². The standard InChI is InChI=1S/C18H17N3O3S.C8H11NO2S/c1-25(23,24)15-7-5-13(6-8-15)11-20-18(22)21-17-4-2-3-14-12-19-10-9-16(14)17;1-12(10,11)8-4-2-7(6-9)3-5-8/h2-10,12H,11H2,1H3,(H2,20,21,22);2-5H,6,9H2,1H3. The van der Waals surface area contributed by atoms with Crippen LogP contribution in [0.1, 0.15) is 11.1 Å². The number of fused-ring (bicyclic) bond motifs is 1. The summed E-state index contributed by atoms with van der Waals surface area (Å²) in [6.07, 6.45) is 5.76. The molecule has 3 aromatic carbocycles. The Morgan fingerprint density at radius 2 is 1.38 bits per heavy atom. The van der Waals surface area contributed by atoms with Gasteiger partial charge in [-0.3, -0.25) is 4.98 Å². The highest BCUT2D eigenvalue weighted by molar-refractivity contribution is 7.91. The van der Waals surface area contributed by atoms with Crippen molar-refractivity contribution in [2.75, 3.05) is 17.8 Å². The molecule has 0 saturated heterocycles. The molecule has 4 N–H and O–H groups in total. The van der Waals surface area contributed by atoms with Crippen molar-refractivity contribution in [3.63, 3.8) is 0 Å². The van der Waals surface area contributed by atoms with Crippen LogP contribution < -0.4 is 16.4 Å². The number of rotatable bonds is 6. The van der Waals surface area contributed by atoms with Gasteiger partial charge in [0.1, 0.15) is 0 Å². The molecule has 194 valence electrons. The van der Waals surface area contributed by atoms with E-state index in [0.717, 1.165) is 28.2 Å². The third-order valence-corrected chi connectivity index (χ3v) is 7.58. The number of anilines is 1.